The zero-order chi connectivity index (χ0) is 25.6. The number of amides is 1. The predicted molar refractivity (Wildman–Crippen MR) is 139 cm³/mol. The monoisotopic (exact) mass is 500 g/mol. The zero-order valence-corrected chi connectivity index (χ0v) is 20.6. The molecule has 6 bridgehead atoms. The number of likely N-dealkylation sites (N-methyl/N-ethyl adjacent to an activating group) is 1. The number of nitrogens with two attached hydrogens (primary N) is 1. The van der Waals surface area contributed by atoms with E-state index in [0.717, 1.165) is 16.7 Å². The maximum absolute atomic E-state index is 12.8. The highest BCUT2D eigenvalue weighted by molar-refractivity contribution is 5.94. The number of nitrogens with zero attached hydrogens (tertiary/aromatic N) is 3. The fourth-order valence-corrected chi connectivity index (χ4v) is 3.99. The van der Waals surface area contributed by atoms with Crippen LogP contribution in [0.5, 0.6) is 5.75 Å². The van der Waals surface area contributed by atoms with Gasteiger partial charge in [-0.2, -0.15) is 0 Å². The number of carbonyl (C=O) groups is 1. The second kappa shape index (κ2) is 11.2. The summed E-state index contributed by atoms with van der Waals surface area (Å²) >= 11 is 0. The number of fused-ring (bicyclic) bond motifs is 12. The lowest BCUT2D eigenvalue weighted by atomic mass is 10.1. The SMILES string of the molecule is CN1CCOCCOCCOc2ccccc2-c2coc(c2)-c2nc(cnc2N)-c2ccc(cc2)C1=O. The number of benzene rings is 2. The summed E-state index contributed by atoms with van der Waals surface area (Å²) in [7, 11) is 1.75. The van der Waals surface area contributed by atoms with E-state index in [-0.39, 0.29) is 11.7 Å². The number of hydrogen-bond donors (Lipinski definition) is 1. The van der Waals surface area contributed by atoms with Crippen molar-refractivity contribution in [3.63, 3.8) is 0 Å². The average molecular weight is 501 g/mol. The first-order chi connectivity index (χ1) is 18.1. The molecule has 190 valence electrons. The van der Waals surface area contributed by atoms with E-state index in [9.17, 15) is 4.79 Å². The van der Waals surface area contributed by atoms with Gasteiger partial charge in [-0.25, -0.2) is 9.97 Å². The normalized spacial score (nSPS) is 15.2. The van der Waals surface area contributed by atoms with E-state index in [2.05, 4.69) is 4.98 Å². The Bertz CT molecular complexity index is 1370. The molecule has 1 amide bonds. The molecule has 37 heavy (non-hydrogen) atoms. The lowest BCUT2D eigenvalue weighted by molar-refractivity contribution is 0.0301. The molecular weight excluding hydrogens is 472 g/mol. The van der Waals surface area contributed by atoms with Crippen molar-refractivity contribution in [2.45, 2.75) is 0 Å². The third-order valence-corrected chi connectivity index (χ3v) is 6.03. The molecule has 2 aliphatic rings. The molecule has 2 aliphatic heterocycles. The topological polar surface area (TPSA) is 113 Å². The van der Waals surface area contributed by atoms with Gasteiger partial charge in [-0.3, -0.25) is 4.79 Å². The van der Waals surface area contributed by atoms with Crippen molar-refractivity contribution in [1.82, 2.24) is 14.9 Å². The second-order valence-corrected chi connectivity index (χ2v) is 8.56. The van der Waals surface area contributed by atoms with Gasteiger partial charge in [-0.15, -0.1) is 0 Å². The van der Waals surface area contributed by atoms with Crippen LogP contribution in [0.15, 0.2) is 71.5 Å². The van der Waals surface area contributed by atoms with E-state index < -0.39 is 0 Å². The van der Waals surface area contributed by atoms with E-state index in [4.69, 9.17) is 29.3 Å². The van der Waals surface area contributed by atoms with Crippen LogP contribution in [-0.2, 0) is 9.47 Å². The van der Waals surface area contributed by atoms with E-state index in [1.165, 1.54) is 0 Å². The molecule has 0 unspecified atom stereocenters. The molecule has 0 spiro atoms. The Morgan fingerprint density at radius 2 is 1.62 bits per heavy atom. The largest absolute Gasteiger partial charge is 0.491 e. The first-order valence-corrected chi connectivity index (χ1v) is 12.0. The molecule has 0 radical (unpaired) electrons. The van der Waals surface area contributed by atoms with Crippen molar-refractivity contribution in [3.05, 3.63) is 72.6 Å². The van der Waals surface area contributed by atoms with Gasteiger partial charge in [-0.1, -0.05) is 30.3 Å². The van der Waals surface area contributed by atoms with Crippen LogP contribution in [0.25, 0.3) is 33.8 Å². The van der Waals surface area contributed by atoms with Gasteiger partial charge in [-0.05, 0) is 24.3 Å². The lowest BCUT2D eigenvalue weighted by Gasteiger charge is -2.17. The Balaban J connectivity index is 1.48. The third-order valence-electron chi connectivity index (χ3n) is 6.03. The molecule has 4 aromatic rings. The molecule has 4 heterocycles. The van der Waals surface area contributed by atoms with E-state index in [1.54, 1.807) is 36.5 Å². The summed E-state index contributed by atoms with van der Waals surface area (Å²) in [4.78, 5) is 23.5. The van der Waals surface area contributed by atoms with Crippen molar-refractivity contribution < 1.29 is 23.4 Å². The first-order valence-electron chi connectivity index (χ1n) is 12.0. The number of nitrogen functional groups attached to an aromatic ring is 1. The standard InChI is InChI=1S/C28H28N4O5/c1-32-10-11-34-12-13-35-14-15-36-24-5-3-2-4-22(24)21-16-25(37-18-21)26-27(29)30-17-23(31-26)19-6-8-20(9-7-19)28(32)33/h2-9,16-18H,10-15H2,1H3,(H2,29,30). The predicted octanol–water partition coefficient (Wildman–Crippen LogP) is 4.15. The summed E-state index contributed by atoms with van der Waals surface area (Å²) in [6.45, 7) is 2.57. The zero-order valence-electron chi connectivity index (χ0n) is 20.6. The van der Waals surface area contributed by atoms with Gasteiger partial charge in [0.05, 0.1) is 44.6 Å². The average Bonchev–Trinajstić information content (AvgIpc) is 3.41. The number of aromatic nitrogens is 2. The highest BCUT2D eigenvalue weighted by atomic mass is 16.5. The van der Waals surface area contributed by atoms with Crippen molar-refractivity contribution in [2.24, 2.45) is 0 Å². The Morgan fingerprint density at radius 3 is 2.46 bits per heavy atom. The Morgan fingerprint density at radius 1 is 0.892 bits per heavy atom. The smallest absolute Gasteiger partial charge is 0.253 e. The molecule has 0 aliphatic carbocycles. The van der Waals surface area contributed by atoms with Crippen LogP contribution in [0.1, 0.15) is 10.4 Å². The highest BCUT2D eigenvalue weighted by Crippen LogP contribution is 2.35. The van der Waals surface area contributed by atoms with Gasteiger partial charge < -0.3 is 29.3 Å². The molecule has 9 heteroatoms. The second-order valence-electron chi connectivity index (χ2n) is 8.56. The number of ether oxygens (including phenoxy) is 3. The highest BCUT2D eigenvalue weighted by Gasteiger charge is 2.17. The van der Waals surface area contributed by atoms with Gasteiger partial charge in [0.15, 0.2) is 11.6 Å². The lowest BCUT2D eigenvalue weighted by Crippen LogP contribution is -2.30. The molecule has 0 saturated heterocycles. The van der Waals surface area contributed by atoms with Crippen molar-refractivity contribution in [2.75, 3.05) is 52.4 Å². The van der Waals surface area contributed by atoms with Gasteiger partial charge in [0.2, 0.25) is 0 Å². The summed E-state index contributed by atoms with van der Waals surface area (Å²) in [5, 5.41) is 0. The molecule has 6 rings (SSSR count). The number of carbonyl (C=O) groups excluding carboxylic acids is 1. The Kier molecular flexibility index (Phi) is 7.43. The van der Waals surface area contributed by atoms with Gasteiger partial charge in [0.1, 0.15) is 18.1 Å². The fraction of sp³-hybridized carbons (Fsp3) is 0.250. The maximum Gasteiger partial charge on any atom is 0.253 e. The summed E-state index contributed by atoms with van der Waals surface area (Å²) in [5.74, 6) is 1.38. The van der Waals surface area contributed by atoms with Crippen LogP contribution in [0.4, 0.5) is 5.82 Å². The van der Waals surface area contributed by atoms with Crippen LogP contribution >= 0.6 is 0 Å². The molecule has 9 nitrogen and oxygen atoms in total. The van der Waals surface area contributed by atoms with E-state index in [1.807, 2.05) is 42.5 Å². The summed E-state index contributed by atoms with van der Waals surface area (Å²) in [6.07, 6.45) is 3.25. The Labute approximate surface area is 214 Å². The maximum atomic E-state index is 12.8. The molecule has 0 atom stereocenters. The molecule has 2 N–H and O–H groups in total. The molecule has 2 aromatic heterocycles. The number of anilines is 1. The Hall–Kier alpha value is -4.21. The third kappa shape index (κ3) is 5.63. The minimum Gasteiger partial charge on any atom is -0.491 e. The molecule has 0 fully saturated rings. The van der Waals surface area contributed by atoms with E-state index in [0.29, 0.717) is 68.0 Å². The quantitative estimate of drug-likeness (QED) is 0.358. The van der Waals surface area contributed by atoms with Gasteiger partial charge >= 0.3 is 0 Å². The van der Waals surface area contributed by atoms with Crippen molar-refractivity contribution in [3.8, 4) is 39.6 Å². The molecular formula is C28H28N4O5. The molecule has 2 aromatic carbocycles. The van der Waals surface area contributed by atoms with Crippen molar-refractivity contribution >= 4 is 11.7 Å². The minimum absolute atomic E-state index is 0.0892. The number of para-hydroxylation sites is 1. The minimum atomic E-state index is -0.0892. The summed E-state index contributed by atoms with van der Waals surface area (Å²) in [5.41, 5.74) is 10.3. The van der Waals surface area contributed by atoms with Crippen LogP contribution in [0.3, 0.4) is 0 Å². The summed E-state index contributed by atoms with van der Waals surface area (Å²) in [6, 6.07) is 16.8. The number of furan rings is 1. The number of hydrogen-bond acceptors (Lipinski definition) is 8. The van der Waals surface area contributed by atoms with Crippen molar-refractivity contribution in [1.29, 1.82) is 0 Å². The van der Waals surface area contributed by atoms with E-state index >= 15 is 0 Å². The van der Waals surface area contributed by atoms with Crippen LogP contribution in [-0.4, -0.2) is 67.4 Å². The van der Waals surface area contributed by atoms with Crippen LogP contribution < -0.4 is 10.5 Å². The molecule has 0 saturated carbocycles. The van der Waals surface area contributed by atoms with Gasteiger partial charge in [0.25, 0.3) is 5.91 Å². The van der Waals surface area contributed by atoms with Crippen LogP contribution in [0, 0.1) is 0 Å². The van der Waals surface area contributed by atoms with Crippen LogP contribution in [0.2, 0.25) is 0 Å². The summed E-state index contributed by atoms with van der Waals surface area (Å²) < 4.78 is 23.1. The fourth-order valence-electron chi connectivity index (χ4n) is 3.99. The van der Waals surface area contributed by atoms with Gasteiger partial charge in [0, 0.05) is 35.8 Å². The number of rotatable bonds is 0. The first kappa shape index (κ1) is 24.5.